The van der Waals surface area contributed by atoms with Crippen LogP contribution in [0.15, 0.2) is 0 Å². The van der Waals surface area contributed by atoms with Crippen molar-refractivity contribution in [3.8, 4) is 0 Å². The van der Waals surface area contributed by atoms with E-state index >= 15 is 0 Å². The molecule has 96 valence electrons. The number of ether oxygens (including phenoxy) is 1. The Bertz CT molecular complexity index is 189. The lowest BCUT2D eigenvalue weighted by Crippen LogP contribution is -2.43. The van der Waals surface area contributed by atoms with E-state index in [9.17, 15) is 8.78 Å². The summed E-state index contributed by atoms with van der Waals surface area (Å²) in [6, 6.07) is 0.237. The van der Waals surface area contributed by atoms with E-state index in [1.165, 1.54) is 0 Å². The SMILES string of the molecule is CCNC(COCC)C1CCC(F)(F)CC1. The zero-order valence-electron chi connectivity index (χ0n) is 10.3. The van der Waals surface area contributed by atoms with Crippen LogP contribution < -0.4 is 5.32 Å². The summed E-state index contributed by atoms with van der Waals surface area (Å²) in [5.41, 5.74) is 0. The first-order chi connectivity index (χ1) is 7.59. The molecule has 1 aliphatic rings. The maximum absolute atomic E-state index is 13.0. The lowest BCUT2D eigenvalue weighted by molar-refractivity contribution is -0.0532. The molecule has 0 amide bonds. The molecule has 0 aromatic carbocycles. The summed E-state index contributed by atoms with van der Waals surface area (Å²) in [5, 5.41) is 3.34. The topological polar surface area (TPSA) is 21.3 Å². The minimum atomic E-state index is -2.43. The first kappa shape index (κ1) is 13.8. The van der Waals surface area contributed by atoms with Gasteiger partial charge in [0.2, 0.25) is 5.92 Å². The van der Waals surface area contributed by atoms with Crippen LogP contribution in [0.5, 0.6) is 0 Å². The molecule has 1 fully saturated rings. The van der Waals surface area contributed by atoms with Gasteiger partial charge in [-0.3, -0.25) is 0 Å². The minimum Gasteiger partial charge on any atom is -0.380 e. The average molecular weight is 235 g/mol. The highest BCUT2D eigenvalue weighted by Crippen LogP contribution is 2.37. The molecule has 1 aliphatic carbocycles. The molecule has 0 radical (unpaired) electrons. The summed E-state index contributed by atoms with van der Waals surface area (Å²) in [5.74, 6) is -2.09. The molecule has 0 bridgehead atoms. The quantitative estimate of drug-likeness (QED) is 0.764. The maximum Gasteiger partial charge on any atom is 0.248 e. The molecule has 0 aromatic heterocycles. The summed E-state index contributed by atoms with van der Waals surface area (Å²) in [4.78, 5) is 0. The smallest absolute Gasteiger partial charge is 0.248 e. The van der Waals surface area contributed by atoms with Gasteiger partial charge in [0, 0.05) is 25.5 Å². The molecule has 0 heterocycles. The van der Waals surface area contributed by atoms with Crippen LogP contribution in [0.2, 0.25) is 0 Å². The van der Waals surface area contributed by atoms with Crippen molar-refractivity contribution in [2.24, 2.45) is 5.92 Å². The van der Waals surface area contributed by atoms with Crippen molar-refractivity contribution >= 4 is 0 Å². The van der Waals surface area contributed by atoms with Crippen molar-refractivity contribution in [3.63, 3.8) is 0 Å². The summed E-state index contributed by atoms with van der Waals surface area (Å²) in [6.07, 6.45) is 1.28. The molecule has 0 saturated heterocycles. The first-order valence-electron chi connectivity index (χ1n) is 6.28. The number of hydrogen-bond acceptors (Lipinski definition) is 2. The van der Waals surface area contributed by atoms with E-state index in [-0.39, 0.29) is 18.9 Å². The molecule has 1 atom stereocenters. The normalized spacial score (nSPS) is 23.2. The Morgan fingerprint density at radius 3 is 2.44 bits per heavy atom. The van der Waals surface area contributed by atoms with E-state index in [0.29, 0.717) is 32.0 Å². The van der Waals surface area contributed by atoms with Crippen LogP contribution in [-0.4, -0.2) is 31.7 Å². The molecule has 0 aromatic rings. The van der Waals surface area contributed by atoms with Gasteiger partial charge in [-0.2, -0.15) is 0 Å². The molecule has 1 unspecified atom stereocenters. The van der Waals surface area contributed by atoms with Crippen molar-refractivity contribution in [1.82, 2.24) is 5.32 Å². The van der Waals surface area contributed by atoms with Crippen LogP contribution in [0.3, 0.4) is 0 Å². The van der Waals surface area contributed by atoms with Crippen LogP contribution in [0.25, 0.3) is 0 Å². The second-order valence-corrected chi connectivity index (χ2v) is 4.52. The van der Waals surface area contributed by atoms with Gasteiger partial charge in [0.25, 0.3) is 0 Å². The summed E-state index contributed by atoms with van der Waals surface area (Å²) < 4.78 is 31.5. The fourth-order valence-electron chi connectivity index (χ4n) is 2.33. The largest absolute Gasteiger partial charge is 0.380 e. The van der Waals surface area contributed by atoms with Gasteiger partial charge in [-0.25, -0.2) is 8.78 Å². The number of alkyl halides is 2. The van der Waals surface area contributed by atoms with E-state index in [2.05, 4.69) is 5.32 Å². The highest BCUT2D eigenvalue weighted by molar-refractivity contribution is 4.84. The predicted octanol–water partition coefficient (Wildman–Crippen LogP) is 2.83. The Morgan fingerprint density at radius 1 is 1.31 bits per heavy atom. The molecule has 2 nitrogen and oxygen atoms in total. The Morgan fingerprint density at radius 2 is 1.94 bits per heavy atom. The summed E-state index contributed by atoms with van der Waals surface area (Å²) in [7, 11) is 0. The fraction of sp³-hybridized carbons (Fsp3) is 1.00. The molecular formula is C12H23F2NO. The number of rotatable bonds is 6. The average Bonchev–Trinajstić information content (AvgIpc) is 2.25. The van der Waals surface area contributed by atoms with E-state index in [4.69, 9.17) is 4.74 Å². The summed E-state index contributed by atoms with van der Waals surface area (Å²) >= 11 is 0. The third kappa shape index (κ3) is 4.34. The van der Waals surface area contributed by atoms with Gasteiger partial charge in [-0.05, 0) is 32.2 Å². The predicted molar refractivity (Wildman–Crippen MR) is 60.9 cm³/mol. The monoisotopic (exact) mass is 235 g/mol. The van der Waals surface area contributed by atoms with Crippen molar-refractivity contribution in [3.05, 3.63) is 0 Å². The Balaban J connectivity index is 2.39. The van der Waals surface area contributed by atoms with Crippen LogP contribution in [-0.2, 0) is 4.74 Å². The number of likely N-dealkylation sites (N-methyl/N-ethyl adjacent to an activating group) is 1. The zero-order chi connectivity index (χ0) is 12.0. The third-order valence-corrected chi connectivity index (χ3v) is 3.30. The number of hydrogen-bond donors (Lipinski definition) is 1. The highest BCUT2D eigenvalue weighted by Gasteiger charge is 2.37. The molecule has 1 rings (SSSR count). The first-order valence-corrected chi connectivity index (χ1v) is 6.28. The minimum absolute atomic E-state index is 0.0334. The fourth-order valence-corrected chi connectivity index (χ4v) is 2.33. The van der Waals surface area contributed by atoms with E-state index in [1.807, 2.05) is 13.8 Å². The molecule has 0 aliphatic heterocycles. The van der Waals surface area contributed by atoms with E-state index < -0.39 is 5.92 Å². The molecule has 1 N–H and O–H groups in total. The maximum atomic E-state index is 13.0. The van der Waals surface area contributed by atoms with Crippen LogP contribution in [0.1, 0.15) is 39.5 Å². The lowest BCUT2D eigenvalue weighted by Gasteiger charge is -2.34. The van der Waals surface area contributed by atoms with Gasteiger partial charge < -0.3 is 10.1 Å². The van der Waals surface area contributed by atoms with Crippen molar-refractivity contribution in [1.29, 1.82) is 0 Å². The Labute approximate surface area is 96.7 Å². The van der Waals surface area contributed by atoms with E-state index in [1.54, 1.807) is 0 Å². The standard InChI is InChI=1S/C12H23F2NO/c1-3-15-11(9-16-4-2)10-5-7-12(13,14)8-6-10/h10-11,15H,3-9H2,1-2H3. The number of halogens is 2. The van der Waals surface area contributed by atoms with Gasteiger partial charge >= 0.3 is 0 Å². The summed E-state index contributed by atoms with van der Waals surface area (Å²) in [6.45, 7) is 6.18. The number of nitrogens with one attached hydrogen (secondary N) is 1. The van der Waals surface area contributed by atoms with Crippen molar-refractivity contribution in [2.45, 2.75) is 51.5 Å². The van der Waals surface area contributed by atoms with Crippen LogP contribution in [0, 0.1) is 5.92 Å². The van der Waals surface area contributed by atoms with Gasteiger partial charge in [0.05, 0.1) is 6.61 Å². The Kier molecular flexibility index (Phi) is 5.62. The van der Waals surface area contributed by atoms with Gasteiger partial charge in [0.1, 0.15) is 0 Å². The molecule has 16 heavy (non-hydrogen) atoms. The van der Waals surface area contributed by atoms with Crippen molar-refractivity contribution < 1.29 is 13.5 Å². The third-order valence-electron chi connectivity index (χ3n) is 3.30. The second-order valence-electron chi connectivity index (χ2n) is 4.52. The van der Waals surface area contributed by atoms with Crippen LogP contribution >= 0.6 is 0 Å². The molecule has 4 heteroatoms. The second kappa shape index (κ2) is 6.50. The highest BCUT2D eigenvalue weighted by atomic mass is 19.3. The van der Waals surface area contributed by atoms with Gasteiger partial charge in [0.15, 0.2) is 0 Å². The lowest BCUT2D eigenvalue weighted by atomic mass is 9.82. The van der Waals surface area contributed by atoms with E-state index in [0.717, 1.165) is 6.54 Å². The van der Waals surface area contributed by atoms with Gasteiger partial charge in [-0.15, -0.1) is 0 Å². The molecular weight excluding hydrogens is 212 g/mol. The molecule has 1 saturated carbocycles. The van der Waals surface area contributed by atoms with Crippen molar-refractivity contribution in [2.75, 3.05) is 19.8 Å². The van der Waals surface area contributed by atoms with Gasteiger partial charge in [-0.1, -0.05) is 6.92 Å². The Hall–Kier alpha value is -0.220. The zero-order valence-corrected chi connectivity index (χ0v) is 10.3. The molecule has 0 spiro atoms. The van der Waals surface area contributed by atoms with Crippen LogP contribution in [0.4, 0.5) is 8.78 Å².